The Labute approximate surface area is 193 Å². The van der Waals surface area contributed by atoms with Crippen LogP contribution in [-0.2, 0) is 24.2 Å². The van der Waals surface area contributed by atoms with Crippen molar-refractivity contribution in [3.8, 4) is 0 Å². The molecule has 0 unspecified atom stereocenters. The molecule has 10 heteroatoms. The summed E-state index contributed by atoms with van der Waals surface area (Å²) >= 11 is 11.9. The van der Waals surface area contributed by atoms with Crippen LogP contribution in [0.25, 0.3) is 5.78 Å². The lowest BCUT2D eigenvalue weighted by Gasteiger charge is -2.29. The molecule has 3 aromatic heterocycles. The summed E-state index contributed by atoms with van der Waals surface area (Å²) in [6.45, 7) is 0.205. The van der Waals surface area contributed by atoms with Crippen molar-refractivity contribution in [1.29, 1.82) is 0 Å². The fraction of sp³-hybridized carbons (Fsp3) is 0.182. The van der Waals surface area contributed by atoms with Crippen LogP contribution in [0.15, 0.2) is 55.0 Å². The second-order valence-corrected chi connectivity index (χ2v) is 8.53. The molecule has 162 valence electrons. The van der Waals surface area contributed by atoms with E-state index in [9.17, 15) is 9.59 Å². The lowest BCUT2D eigenvalue weighted by molar-refractivity contribution is -0.127. The highest BCUT2D eigenvalue weighted by Crippen LogP contribution is 2.31. The van der Waals surface area contributed by atoms with Gasteiger partial charge in [-0.05, 0) is 23.3 Å². The summed E-state index contributed by atoms with van der Waals surface area (Å²) in [4.78, 5) is 37.7. The summed E-state index contributed by atoms with van der Waals surface area (Å²) in [5, 5.41) is 6.27. The van der Waals surface area contributed by atoms with Gasteiger partial charge < -0.3 is 15.6 Å². The van der Waals surface area contributed by atoms with Crippen LogP contribution in [0.1, 0.15) is 27.3 Å². The Balaban J connectivity index is 1.39. The maximum absolute atomic E-state index is 13.4. The largest absolute Gasteiger partial charge is 0.348 e. The summed E-state index contributed by atoms with van der Waals surface area (Å²) in [6, 6.07) is 11.0. The number of aromatic amines is 1. The number of fused-ring (bicyclic) bond motifs is 2. The van der Waals surface area contributed by atoms with E-state index >= 15 is 0 Å². The summed E-state index contributed by atoms with van der Waals surface area (Å²) in [7, 11) is 0. The van der Waals surface area contributed by atoms with Crippen molar-refractivity contribution in [2.24, 2.45) is 0 Å². The van der Waals surface area contributed by atoms with Gasteiger partial charge in [0, 0.05) is 31.4 Å². The van der Waals surface area contributed by atoms with Gasteiger partial charge in [-0.3, -0.25) is 14.0 Å². The Morgan fingerprint density at radius 2 is 1.91 bits per heavy atom. The topological polar surface area (TPSA) is 104 Å². The number of aromatic nitrogens is 4. The van der Waals surface area contributed by atoms with Crippen LogP contribution in [0.3, 0.4) is 0 Å². The van der Waals surface area contributed by atoms with Crippen LogP contribution in [0.5, 0.6) is 0 Å². The number of halogens is 2. The summed E-state index contributed by atoms with van der Waals surface area (Å²) < 4.78 is 1.78. The number of H-pyrrole nitrogens is 1. The van der Waals surface area contributed by atoms with Crippen LogP contribution < -0.4 is 10.6 Å². The molecule has 0 bridgehead atoms. The molecule has 1 aliphatic carbocycles. The van der Waals surface area contributed by atoms with Gasteiger partial charge in [0.15, 0.2) is 0 Å². The zero-order valence-corrected chi connectivity index (χ0v) is 18.2. The smallest absolute Gasteiger partial charge is 0.268 e. The predicted octanol–water partition coefficient (Wildman–Crippen LogP) is 2.95. The first-order chi connectivity index (χ1) is 15.4. The number of rotatable bonds is 5. The number of carbonyl (C=O) groups is 2. The molecule has 3 N–H and O–H groups in total. The quantitative estimate of drug-likeness (QED) is 0.418. The van der Waals surface area contributed by atoms with Gasteiger partial charge in [0.25, 0.3) is 5.91 Å². The zero-order chi connectivity index (χ0) is 22.3. The van der Waals surface area contributed by atoms with E-state index in [2.05, 4.69) is 25.6 Å². The molecule has 2 amide bonds. The van der Waals surface area contributed by atoms with Crippen molar-refractivity contribution in [3.63, 3.8) is 0 Å². The second-order valence-electron chi connectivity index (χ2n) is 7.75. The SMILES string of the molecule is O=C(NC1(C(=O)NCc2cn3cccnc3n2)Cc2ccccc2C1)c1cc(Cl)c(Cl)[nH]1. The van der Waals surface area contributed by atoms with Crippen molar-refractivity contribution >= 4 is 40.8 Å². The minimum atomic E-state index is -1.15. The third kappa shape index (κ3) is 3.72. The fourth-order valence-corrected chi connectivity index (χ4v) is 4.35. The van der Waals surface area contributed by atoms with Gasteiger partial charge in [-0.15, -0.1) is 0 Å². The van der Waals surface area contributed by atoms with Gasteiger partial charge in [0.1, 0.15) is 16.4 Å². The van der Waals surface area contributed by atoms with E-state index in [-0.39, 0.29) is 28.3 Å². The monoisotopic (exact) mass is 468 g/mol. The Morgan fingerprint density at radius 3 is 2.56 bits per heavy atom. The zero-order valence-electron chi connectivity index (χ0n) is 16.7. The number of amides is 2. The summed E-state index contributed by atoms with van der Waals surface area (Å²) in [5.74, 6) is -0.206. The Hall–Kier alpha value is -3.36. The lowest BCUT2D eigenvalue weighted by atomic mass is 9.93. The minimum absolute atomic E-state index is 0.172. The van der Waals surface area contributed by atoms with Gasteiger partial charge in [0.05, 0.1) is 17.3 Å². The Morgan fingerprint density at radius 1 is 1.16 bits per heavy atom. The molecule has 5 rings (SSSR count). The van der Waals surface area contributed by atoms with E-state index in [0.717, 1.165) is 11.1 Å². The van der Waals surface area contributed by atoms with Crippen molar-refractivity contribution in [2.75, 3.05) is 0 Å². The van der Waals surface area contributed by atoms with Crippen molar-refractivity contribution in [2.45, 2.75) is 24.9 Å². The molecule has 0 spiro atoms. The first kappa shape index (κ1) is 20.5. The fourth-order valence-electron chi connectivity index (χ4n) is 4.04. The number of carbonyl (C=O) groups excluding carboxylic acids is 2. The molecule has 0 saturated heterocycles. The number of hydrogen-bond donors (Lipinski definition) is 3. The third-order valence-electron chi connectivity index (χ3n) is 5.58. The van der Waals surface area contributed by atoms with Crippen LogP contribution >= 0.6 is 23.2 Å². The minimum Gasteiger partial charge on any atom is -0.348 e. The molecule has 0 radical (unpaired) electrons. The van der Waals surface area contributed by atoms with Crippen molar-refractivity contribution in [1.82, 2.24) is 30.0 Å². The maximum atomic E-state index is 13.4. The van der Waals surface area contributed by atoms with E-state index in [1.165, 1.54) is 6.07 Å². The van der Waals surface area contributed by atoms with Crippen LogP contribution in [-0.4, -0.2) is 36.7 Å². The molecule has 0 fully saturated rings. The highest BCUT2D eigenvalue weighted by Gasteiger charge is 2.45. The second kappa shape index (κ2) is 7.96. The molecule has 1 aliphatic rings. The van der Waals surface area contributed by atoms with Crippen molar-refractivity contribution < 1.29 is 9.59 Å². The third-order valence-corrected chi connectivity index (χ3v) is 6.27. The first-order valence-electron chi connectivity index (χ1n) is 9.94. The van der Waals surface area contributed by atoms with E-state index in [1.54, 1.807) is 22.9 Å². The molecular weight excluding hydrogens is 451 g/mol. The molecule has 3 heterocycles. The number of nitrogens with zero attached hydrogens (tertiary/aromatic N) is 3. The molecule has 1 aromatic carbocycles. The number of hydrogen-bond acceptors (Lipinski definition) is 4. The Kier molecular flexibility index (Phi) is 5.11. The molecule has 32 heavy (non-hydrogen) atoms. The first-order valence-corrected chi connectivity index (χ1v) is 10.7. The average Bonchev–Trinajstić information content (AvgIpc) is 3.46. The molecular formula is C22H18Cl2N6O2. The van der Waals surface area contributed by atoms with Gasteiger partial charge >= 0.3 is 0 Å². The summed E-state index contributed by atoms with van der Waals surface area (Å²) in [5.41, 5.74) is 1.73. The summed E-state index contributed by atoms with van der Waals surface area (Å²) in [6.07, 6.45) is 6.04. The average molecular weight is 469 g/mol. The van der Waals surface area contributed by atoms with E-state index in [1.807, 2.05) is 30.5 Å². The van der Waals surface area contributed by atoms with Crippen LogP contribution in [0, 0.1) is 0 Å². The van der Waals surface area contributed by atoms with E-state index < -0.39 is 11.4 Å². The number of imidazole rings is 1. The molecule has 0 aliphatic heterocycles. The van der Waals surface area contributed by atoms with Gasteiger partial charge in [-0.2, -0.15) is 0 Å². The number of nitrogens with one attached hydrogen (secondary N) is 3. The van der Waals surface area contributed by atoms with Crippen LogP contribution in [0.2, 0.25) is 10.2 Å². The standard InChI is InChI=1S/C22H18Cl2N6O2/c23-16-8-17(28-18(16)24)19(31)29-22(9-13-4-1-2-5-14(13)10-22)20(32)26-11-15-12-30-7-3-6-25-21(30)27-15/h1-8,12,28H,9-11H2,(H,26,32)(H,29,31). The molecule has 4 aromatic rings. The molecule has 8 nitrogen and oxygen atoms in total. The predicted molar refractivity (Wildman–Crippen MR) is 120 cm³/mol. The van der Waals surface area contributed by atoms with E-state index in [4.69, 9.17) is 23.2 Å². The Bertz CT molecular complexity index is 1270. The highest BCUT2D eigenvalue weighted by atomic mass is 35.5. The molecule has 0 saturated carbocycles. The number of benzene rings is 1. The van der Waals surface area contributed by atoms with Gasteiger partial charge in [-0.1, -0.05) is 47.5 Å². The van der Waals surface area contributed by atoms with Gasteiger partial charge in [0.2, 0.25) is 11.7 Å². The highest BCUT2D eigenvalue weighted by molar-refractivity contribution is 6.41. The maximum Gasteiger partial charge on any atom is 0.268 e. The normalized spacial score (nSPS) is 14.3. The van der Waals surface area contributed by atoms with Gasteiger partial charge in [-0.25, -0.2) is 9.97 Å². The van der Waals surface area contributed by atoms with Crippen LogP contribution in [0.4, 0.5) is 0 Å². The molecule has 0 atom stereocenters. The lowest BCUT2D eigenvalue weighted by Crippen LogP contribution is -2.59. The van der Waals surface area contributed by atoms with Crippen molar-refractivity contribution in [3.05, 3.63) is 87.7 Å². The van der Waals surface area contributed by atoms with E-state index in [0.29, 0.717) is 24.3 Å².